The van der Waals surface area contributed by atoms with E-state index in [2.05, 4.69) is 25.5 Å². The molecule has 4 heterocycles. The standard InChI is InChI=1S/C27H23ClF6N10O5/c28-15-5-3-14(4-6-15)20-40-43(25(49)42(20)10-17(45)27(32,33)34)11-18-38-22(24(48)41-9-8-35-19(46)12-41)44(39-18)21-16(2-1-7-36-21)23(47)37-13-26(29,30)31/h1-7,17,45H,8-13H2,(H,35,46)(H,37,47). The van der Waals surface area contributed by atoms with E-state index < -0.39 is 85.3 Å². The first-order valence-corrected chi connectivity index (χ1v) is 14.4. The quantitative estimate of drug-likeness (QED) is 0.214. The molecule has 5 rings (SSSR count). The summed E-state index contributed by atoms with van der Waals surface area (Å²) in [6, 6.07) is 7.87. The highest BCUT2D eigenvalue weighted by Gasteiger charge is 2.39. The van der Waals surface area contributed by atoms with Gasteiger partial charge in [0.2, 0.25) is 11.7 Å². The van der Waals surface area contributed by atoms with Crippen LogP contribution in [0.4, 0.5) is 26.3 Å². The van der Waals surface area contributed by atoms with Crippen molar-refractivity contribution >= 4 is 29.3 Å². The number of halogens is 7. The van der Waals surface area contributed by atoms with Gasteiger partial charge in [0.05, 0.1) is 12.1 Å². The molecule has 1 aromatic carbocycles. The Morgan fingerprint density at radius 2 is 1.78 bits per heavy atom. The molecular weight excluding hydrogens is 694 g/mol. The van der Waals surface area contributed by atoms with Crippen LogP contribution < -0.4 is 16.3 Å². The molecule has 4 aromatic rings. The first-order valence-electron chi connectivity index (χ1n) is 14.0. The van der Waals surface area contributed by atoms with E-state index in [0.717, 1.165) is 21.8 Å². The molecule has 0 aliphatic carbocycles. The third-order valence-corrected chi connectivity index (χ3v) is 7.15. The van der Waals surface area contributed by atoms with Crippen LogP contribution in [0.3, 0.4) is 0 Å². The highest BCUT2D eigenvalue weighted by Crippen LogP contribution is 2.24. The minimum atomic E-state index is -5.09. The minimum absolute atomic E-state index is 0.0176. The molecular formula is C27H23ClF6N10O5. The van der Waals surface area contributed by atoms with Crippen molar-refractivity contribution in [3.05, 3.63) is 75.3 Å². The Balaban J connectivity index is 1.59. The summed E-state index contributed by atoms with van der Waals surface area (Å²) in [5, 5.41) is 22.5. The Morgan fingerprint density at radius 3 is 2.43 bits per heavy atom. The van der Waals surface area contributed by atoms with Crippen molar-refractivity contribution in [2.24, 2.45) is 0 Å². The Labute approximate surface area is 275 Å². The molecule has 3 N–H and O–H groups in total. The second kappa shape index (κ2) is 13.7. The molecule has 3 aromatic heterocycles. The molecule has 260 valence electrons. The number of nitrogens with zero attached hydrogens (tertiary/aromatic N) is 8. The molecule has 1 aliphatic rings. The summed E-state index contributed by atoms with van der Waals surface area (Å²) < 4.78 is 80.3. The smallest absolute Gasteiger partial charge is 0.382 e. The number of hydrogen-bond acceptors (Lipinski definition) is 9. The van der Waals surface area contributed by atoms with Crippen molar-refractivity contribution in [1.29, 1.82) is 0 Å². The van der Waals surface area contributed by atoms with Crippen LogP contribution in [-0.4, -0.2) is 106 Å². The number of hydrogen-bond donors (Lipinski definition) is 3. The van der Waals surface area contributed by atoms with Crippen LogP contribution in [0.5, 0.6) is 0 Å². The summed E-state index contributed by atoms with van der Waals surface area (Å²) in [6.07, 6.45) is -11.7. The number of alkyl halides is 6. The molecule has 1 aliphatic heterocycles. The first-order chi connectivity index (χ1) is 23.0. The van der Waals surface area contributed by atoms with Gasteiger partial charge in [0, 0.05) is 29.9 Å². The zero-order valence-corrected chi connectivity index (χ0v) is 25.4. The van der Waals surface area contributed by atoms with Gasteiger partial charge < -0.3 is 20.6 Å². The Bertz CT molecular complexity index is 1940. The van der Waals surface area contributed by atoms with Crippen molar-refractivity contribution in [2.45, 2.75) is 31.5 Å². The summed E-state index contributed by atoms with van der Waals surface area (Å²) in [6.45, 7) is -3.94. The third kappa shape index (κ3) is 8.05. The van der Waals surface area contributed by atoms with Crippen LogP contribution in [0.25, 0.3) is 17.2 Å². The summed E-state index contributed by atoms with van der Waals surface area (Å²) in [5.41, 5.74) is -1.45. The molecule has 49 heavy (non-hydrogen) atoms. The van der Waals surface area contributed by atoms with Gasteiger partial charge in [-0.3, -0.25) is 19.0 Å². The monoisotopic (exact) mass is 716 g/mol. The molecule has 3 amide bonds. The molecule has 0 saturated carbocycles. The van der Waals surface area contributed by atoms with Gasteiger partial charge in [0.25, 0.3) is 11.8 Å². The average molecular weight is 717 g/mol. The van der Waals surface area contributed by atoms with E-state index >= 15 is 0 Å². The van der Waals surface area contributed by atoms with Crippen LogP contribution in [0.2, 0.25) is 5.02 Å². The van der Waals surface area contributed by atoms with Gasteiger partial charge in [0.15, 0.2) is 23.6 Å². The van der Waals surface area contributed by atoms with Gasteiger partial charge in [-0.05, 0) is 36.4 Å². The lowest BCUT2D eigenvalue weighted by Gasteiger charge is -2.26. The summed E-state index contributed by atoms with van der Waals surface area (Å²) in [7, 11) is 0. The fraction of sp³-hybridized carbons (Fsp3) is 0.333. The summed E-state index contributed by atoms with van der Waals surface area (Å²) >= 11 is 5.92. The lowest BCUT2D eigenvalue weighted by molar-refractivity contribution is -0.207. The molecule has 1 fully saturated rings. The second-order valence-corrected chi connectivity index (χ2v) is 10.9. The number of carbonyl (C=O) groups excluding carboxylic acids is 3. The first kappa shape index (κ1) is 35.0. The van der Waals surface area contributed by atoms with Gasteiger partial charge in [-0.1, -0.05) is 11.6 Å². The van der Waals surface area contributed by atoms with Crippen LogP contribution >= 0.6 is 11.6 Å². The van der Waals surface area contributed by atoms with Crippen molar-refractivity contribution in [2.75, 3.05) is 26.2 Å². The zero-order chi connectivity index (χ0) is 35.7. The number of aliphatic hydroxyl groups is 1. The number of rotatable bonds is 9. The van der Waals surface area contributed by atoms with Crippen molar-refractivity contribution < 1.29 is 45.8 Å². The summed E-state index contributed by atoms with van der Waals surface area (Å²) in [4.78, 5) is 61.0. The average Bonchev–Trinajstić information content (AvgIpc) is 3.60. The molecule has 0 bridgehead atoms. The Morgan fingerprint density at radius 1 is 1.06 bits per heavy atom. The lowest BCUT2D eigenvalue weighted by atomic mass is 10.2. The number of amides is 3. The van der Waals surface area contributed by atoms with E-state index in [4.69, 9.17) is 11.6 Å². The number of benzene rings is 1. The summed E-state index contributed by atoms with van der Waals surface area (Å²) in [5.74, 6) is -4.34. The highest BCUT2D eigenvalue weighted by atomic mass is 35.5. The minimum Gasteiger partial charge on any atom is -0.382 e. The molecule has 1 unspecified atom stereocenters. The maximum absolute atomic E-state index is 13.6. The Kier molecular flexibility index (Phi) is 9.76. The van der Waals surface area contributed by atoms with E-state index in [9.17, 15) is 50.6 Å². The maximum atomic E-state index is 13.6. The van der Waals surface area contributed by atoms with E-state index in [1.165, 1.54) is 30.3 Å². The van der Waals surface area contributed by atoms with Gasteiger partial charge in [-0.15, -0.1) is 10.2 Å². The zero-order valence-electron chi connectivity index (χ0n) is 24.7. The number of piperazine rings is 1. The van der Waals surface area contributed by atoms with Crippen molar-refractivity contribution in [1.82, 2.24) is 49.6 Å². The molecule has 1 saturated heterocycles. The van der Waals surface area contributed by atoms with E-state index in [-0.39, 0.29) is 35.3 Å². The molecule has 0 radical (unpaired) electrons. The van der Waals surface area contributed by atoms with Crippen molar-refractivity contribution in [3.8, 4) is 17.2 Å². The number of aromatic nitrogens is 7. The fourth-order valence-electron chi connectivity index (χ4n) is 4.61. The van der Waals surface area contributed by atoms with Crippen LogP contribution in [0.15, 0.2) is 47.4 Å². The van der Waals surface area contributed by atoms with Gasteiger partial charge in [-0.2, -0.15) is 31.0 Å². The maximum Gasteiger partial charge on any atom is 0.416 e. The van der Waals surface area contributed by atoms with Crippen LogP contribution in [0, 0.1) is 0 Å². The SMILES string of the molecule is O=C1CN(C(=O)c2nc(Cn3nc(-c4ccc(Cl)cc4)n(CC(O)C(F)(F)F)c3=O)nn2-c2ncccc2C(=O)NCC(F)(F)F)CCN1. The third-order valence-electron chi connectivity index (χ3n) is 6.90. The Hall–Kier alpha value is -5.31. The van der Waals surface area contributed by atoms with Crippen LogP contribution in [0.1, 0.15) is 26.8 Å². The van der Waals surface area contributed by atoms with Gasteiger partial charge in [-0.25, -0.2) is 19.4 Å². The van der Waals surface area contributed by atoms with Gasteiger partial charge in [0.1, 0.15) is 19.6 Å². The van der Waals surface area contributed by atoms with E-state index in [0.29, 0.717) is 9.25 Å². The molecule has 0 spiro atoms. The highest BCUT2D eigenvalue weighted by molar-refractivity contribution is 6.30. The lowest BCUT2D eigenvalue weighted by Crippen LogP contribution is -2.50. The molecule has 1 atom stereocenters. The number of nitrogens with one attached hydrogen (secondary N) is 2. The number of pyridine rings is 1. The largest absolute Gasteiger partial charge is 0.416 e. The van der Waals surface area contributed by atoms with E-state index in [1.54, 1.807) is 5.32 Å². The van der Waals surface area contributed by atoms with Crippen molar-refractivity contribution in [3.63, 3.8) is 0 Å². The van der Waals surface area contributed by atoms with Gasteiger partial charge >= 0.3 is 18.0 Å². The molecule has 15 nitrogen and oxygen atoms in total. The fourth-order valence-corrected chi connectivity index (χ4v) is 4.74. The topological polar surface area (TPSA) is 182 Å². The number of aliphatic hydroxyl groups excluding tert-OH is 1. The van der Waals surface area contributed by atoms with Crippen LogP contribution in [-0.2, 0) is 17.9 Å². The predicted octanol–water partition coefficient (Wildman–Crippen LogP) is 1.18. The predicted molar refractivity (Wildman–Crippen MR) is 155 cm³/mol. The van der Waals surface area contributed by atoms with E-state index in [1.807, 2.05) is 0 Å². The second-order valence-electron chi connectivity index (χ2n) is 10.5. The molecule has 22 heteroatoms. The number of carbonyl (C=O) groups is 3. The normalized spacial score (nSPS) is 14.4.